The summed E-state index contributed by atoms with van der Waals surface area (Å²) in [5.41, 5.74) is 4.76. The fourth-order valence-electron chi connectivity index (χ4n) is 5.75. The Balaban J connectivity index is 0.984. The minimum absolute atomic E-state index is 0.346. The molecule has 9 nitrogen and oxygen atoms in total. The molecule has 2 saturated heterocycles. The number of nitrogens with zero attached hydrogens (tertiary/aromatic N) is 4. The van der Waals surface area contributed by atoms with Gasteiger partial charge in [-0.15, -0.1) is 0 Å². The first-order valence-electron chi connectivity index (χ1n) is 15.3. The zero-order valence-corrected chi connectivity index (χ0v) is 25.9. The van der Waals surface area contributed by atoms with Gasteiger partial charge < -0.3 is 15.0 Å². The van der Waals surface area contributed by atoms with Gasteiger partial charge in [-0.25, -0.2) is 15.0 Å². The third-order valence-corrected chi connectivity index (χ3v) is 8.95. The maximum absolute atomic E-state index is 11.9. The van der Waals surface area contributed by atoms with E-state index in [2.05, 4.69) is 55.8 Å². The van der Waals surface area contributed by atoms with Crippen LogP contribution in [0.3, 0.4) is 0 Å². The molecule has 7 rings (SSSR count). The van der Waals surface area contributed by atoms with E-state index >= 15 is 0 Å². The lowest BCUT2D eigenvalue weighted by molar-refractivity contribution is -0.115. The second-order valence-corrected chi connectivity index (χ2v) is 12.3. The topological polar surface area (TPSA) is 109 Å². The summed E-state index contributed by atoms with van der Waals surface area (Å²) in [6, 6.07) is 30.1. The maximum atomic E-state index is 11.9. The van der Waals surface area contributed by atoms with Crippen LogP contribution in [-0.2, 0) is 11.3 Å². The standard InChI is InChI=1S/C36H32N6O3S/c43-34-32(46-36(44)41-34)21-28-14-17-38-35(39-28)42-18-15-24(16-19-42)22-37-23-27-20-26-6-4-5-9-31(26)40-33(27)25-10-12-30(13-11-25)45-29-7-2-1-3-8-29/h1-14,17,20-21,24,37H,15-16,18-19,22-23H2,(H,41,43,44)/b32-21-. The molecule has 0 radical (unpaired) electrons. The number of aromatic nitrogens is 3. The quantitative estimate of drug-likeness (QED) is 0.170. The molecular formula is C36H32N6O3S. The van der Waals surface area contributed by atoms with Crippen molar-refractivity contribution in [2.45, 2.75) is 19.4 Å². The monoisotopic (exact) mass is 628 g/mol. The number of amides is 2. The number of nitrogens with one attached hydrogen (secondary N) is 2. The molecule has 0 bridgehead atoms. The highest BCUT2D eigenvalue weighted by molar-refractivity contribution is 8.18. The third kappa shape index (κ3) is 6.93. The molecule has 46 heavy (non-hydrogen) atoms. The SMILES string of the molecule is O=C1NC(=O)/C(=C/c2ccnc(N3CCC(CNCc4cc5ccccc5nc4-c4ccc(Oc5ccccc5)cc4)CC3)n2)S1. The van der Waals surface area contributed by atoms with Gasteiger partial charge in [-0.1, -0.05) is 36.4 Å². The van der Waals surface area contributed by atoms with Crippen LogP contribution >= 0.6 is 11.8 Å². The summed E-state index contributed by atoms with van der Waals surface area (Å²) in [5, 5.41) is 6.75. The number of benzene rings is 3. The summed E-state index contributed by atoms with van der Waals surface area (Å²) >= 11 is 0.888. The Hall–Kier alpha value is -5.06. The van der Waals surface area contributed by atoms with Crippen LogP contribution in [0, 0.1) is 5.92 Å². The molecule has 2 aliphatic heterocycles. The second-order valence-electron chi connectivity index (χ2n) is 11.3. The first-order chi connectivity index (χ1) is 22.6. The number of ether oxygens (including phenoxy) is 1. The van der Waals surface area contributed by atoms with E-state index in [0.717, 1.165) is 83.5 Å². The highest BCUT2D eigenvalue weighted by atomic mass is 32.2. The minimum Gasteiger partial charge on any atom is -0.457 e. The van der Waals surface area contributed by atoms with Crippen molar-refractivity contribution in [1.82, 2.24) is 25.6 Å². The van der Waals surface area contributed by atoms with Crippen molar-refractivity contribution in [2.75, 3.05) is 24.5 Å². The number of thioether (sulfide) groups is 1. The van der Waals surface area contributed by atoms with Crippen molar-refractivity contribution in [3.05, 3.63) is 113 Å². The number of para-hydroxylation sites is 2. The van der Waals surface area contributed by atoms with Gasteiger partial charge in [-0.3, -0.25) is 14.9 Å². The number of hydrogen-bond donors (Lipinski definition) is 2. The number of rotatable bonds is 9. The van der Waals surface area contributed by atoms with Gasteiger partial charge in [0.1, 0.15) is 11.5 Å². The highest BCUT2D eigenvalue weighted by Crippen LogP contribution is 2.30. The molecule has 2 aliphatic rings. The van der Waals surface area contributed by atoms with Crippen molar-refractivity contribution < 1.29 is 14.3 Å². The van der Waals surface area contributed by atoms with E-state index in [1.54, 1.807) is 18.3 Å². The van der Waals surface area contributed by atoms with Crippen molar-refractivity contribution in [1.29, 1.82) is 0 Å². The Labute approximate surface area is 271 Å². The van der Waals surface area contributed by atoms with Crippen molar-refractivity contribution >= 4 is 45.8 Å². The van der Waals surface area contributed by atoms with E-state index in [-0.39, 0.29) is 11.1 Å². The van der Waals surface area contributed by atoms with Crippen LogP contribution in [0.2, 0.25) is 0 Å². The predicted molar refractivity (Wildman–Crippen MR) is 181 cm³/mol. The predicted octanol–water partition coefficient (Wildman–Crippen LogP) is 6.81. The molecule has 0 unspecified atom stereocenters. The molecular weight excluding hydrogens is 597 g/mol. The van der Waals surface area contributed by atoms with Gasteiger partial charge in [-0.2, -0.15) is 0 Å². The number of carbonyl (C=O) groups is 2. The number of imide groups is 1. The van der Waals surface area contributed by atoms with Gasteiger partial charge in [0.2, 0.25) is 5.95 Å². The molecule has 3 aromatic carbocycles. The average Bonchev–Trinajstić information content (AvgIpc) is 3.41. The molecule has 2 aromatic heterocycles. The number of piperidine rings is 1. The number of fused-ring (bicyclic) bond motifs is 1. The first-order valence-corrected chi connectivity index (χ1v) is 16.1. The molecule has 0 atom stereocenters. The number of anilines is 1. The molecule has 2 fully saturated rings. The van der Waals surface area contributed by atoms with Gasteiger partial charge in [0.25, 0.3) is 11.1 Å². The fourth-order valence-corrected chi connectivity index (χ4v) is 6.41. The average molecular weight is 629 g/mol. The highest BCUT2D eigenvalue weighted by Gasteiger charge is 2.26. The smallest absolute Gasteiger partial charge is 0.290 e. The van der Waals surface area contributed by atoms with E-state index in [1.165, 1.54) is 0 Å². The second kappa shape index (κ2) is 13.5. The van der Waals surface area contributed by atoms with Crippen LogP contribution < -0.4 is 20.3 Å². The lowest BCUT2D eigenvalue weighted by atomic mass is 9.96. The Bertz CT molecular complexity index is 1910. The number of pyridine rings is 1. The van der Waals surface area contributed by atoms with Gasteiger partial charge >= 0.3 is 0 Å². The van der Waals surface area contributed by atoms with E-state index in [4.69, 9.17) is 9.72 Å². The molecule has 2 amide bonds. The molecule has 5 aromatic rings. The Morgan fingerprint density at radius 2 is 1.67 bits per heavy atom. The van der Waals surface area contributed by atoms with E-state index in [0.29, 0.717) is 29.0 Å². The van der Waals surface area contributed by atoms with Gasteiger partial charge in [0.15, 0.2) is 0 Å². The van der Waals surface area contributed by atoms with Crippen LogP contribution in [-0.4, -0.2) is 45.7 Å². The van der Waals surface area contributed by atoms with E-state index in [1.807, 2.05) is 54.6 Å². The third-order valence-electron chi connectivity index (χ3n) is 8.14. The summed E-state index contributed by atoms with van der Waals surface area (Å²) in [6.07, 6.45) is 5.36. The summed E-state index contributed by atoms with van der Waals surface area (Å²) in [7, 11) is 0. The minimum atomic E-state index is -0.388. The van der Waals surface area contributed by atoms with Crippen molar-refractivity contribution in [3.63, 3.8) is 0 Å². The molecule has 0 aliphatic carbocycles. The molecule has 0 spiro atoms. The van der Waals surface area contributed by atoms with Crippen LogP contribution in [0.25, 0.3) is 28.2 Å². The Morgan fingerprint density at radius 3 is 2.46 bits per heavy atom. The van der Waals surface area contributed by atoms with E-state index < -0.39 is 0 Å². The summed E-state index contributed by atoms with van der Waals surface area (Å²) in [6.45, 7) is 3.31. The van der Waals surface area contributed by atoms with Crippen LogP contribution in [0.5, 0.6) is 11.5 Å². The summed E-state index contributed by atoms with van der Waals surface area (Å²) < 4.78 is 6.00. The number of carbonyl (C=O) groups excluding carboxylic acids is 2. The molecule has 4 heterocycles. The molecule has 10 heteroatoms. The van der Waals surface area contributed by atoms with Crippen LogP contribution in [0.4, 0.5) is 10.7 Å². The number of hydrogen-bond acceptors (Lipinski definition) is 9. The Kier molecular flexibility index (Phi) is 8.71. The van der Waals surface area contributed by atoms with Crippen LogP contribution in [0.15, 0.2) is 102 Å². The van der Waals surface area contributed by atoms with Gasteiger partial charge in [-0.05, 0) is 103 Å². The molecule has 2 N–H and O–H groups in total. The lowest BCUT2D eigenvalue weighted by Gasteiger charge is -2.32. The molecule has 0 saturated carbocycles. The normalized spacial score (nSPS) is 16.3. The largest absolute Gasteiger partial charge is 0.457 e. The van der Waals surface area contributed by atoms with E-state index in [9.17, 15) is 9.59 Å². The van der Waals surface area contributed by atoms with Crippen molar-refractivity contribution in [2.24, 2.45) is 5.92 Å². The summed E-state index contributed by atoms with van der Waals surface area (Å²) in [4.78, 5) is 40.1. The zero-order chi connectivity index (χ0) is 31.3. The lowest BCUT2D eigenvalue weighted by Crippen LogP contribution is -2.38. The van der Waals surface area contributed by atoms with Gasteiger partial charge in [0, 0.05) is 36.8 Å². The zero-order valence-electron chi connectivity index (χ0n) is 25.1. The first kappa shape index (κ1) is 29.6. The maximum Gasteiger partial charge on any atom is 0.290 e. The van der Waals surface area contributed by atoms with Gasteiger partial charge in [0.05, 0.1) is 21.8 Å². The Morgan fingerprint density at radius 1 is 0.913 bits per heavy atom. The summed E-state index contributed by atoms with van der Waals surface area (Å²) in [5.74, 6) is 2.37. The molecule has 230 valence electrons. The van der Waals surface area contributed by atoms with Crippen molar-refractivity contribution in [3.8, 4) is 22.8 Å². The fraction of sp³-hybridized carbons (Fsp3) is 0.194. The van der Waals surface area contributed by atoms with Crippen LogP contribution in [0.1, 0.15) is 24.1 Å².